The van der Waals surface area contributed by atoms with Crippen LogP contribution in [0.5, 0.6) is 0 Å². The zero-order valence-corrected chi connectivity index (χ0v) is 12.7. The molecule has 0 heterocycles. The predicted molar refractivity (Wildman–Crippen MR) is 74.0 cm³/mol. The molecule has 1 aromatic carbocycles. The lowest BCUT2D eigenvalue weighted by Crippen LogP contribution is -2.39. The molecule has 0 aliphatic carbocycles. The van der Waals surface area contributed by atoms with Crippen molar-refractivity contribution in [2.45, 2.75) is 6.18 Å². The van der Waals surface area contributed by atoms with Gasteiger partial charge in [0.25, 0.3) is 0 Å². The van der Waals surface area contributed by atoms with Gasteiger partial charge in [-0.05, 0) is 12.1 Å². The van der Waals surface area contributed by atoms with Crippen LogP contribution in [0.2, 0.25) is 0 Å². The van der Waals surface area contributed by atoms with Crippen molar-refractivity contribution in [3.05, 3.63) is 29.8 Å². The number of anilines is 1. The quantitative estimate of drug-likeness (QED) is 0.887. The zero-order chi connectivity index (χ0) is 17.0. The van der Waals surface area contributed by atoms with Crippen molar-refractivity contribution >= 4 is 21.8 Å². The summed E-state index contributed by atoms with van der Waals surface area (Å²) < 4.78 is 67.4. The number of alkyl carbamates (subject to hydrolysis) is 1. The number of carbonyl (C=O) groups excluding carboxylic acids is 1. The number of alkyl halides is 3. The van der Waals surface area contributed by atoms with Gasteiger partial charge in [0.05, 0.1) is 31.2 Å². The molecule has 0 radical (unpaired) electrons. The van der Waals surface area contributed by atoms with Crippen molar-refractivity contribution in [2.24, 2.45) is 0 Å². The SMILES string of the molecule is COC(=O)NCCN(c1ccccc1C(F)(F)F)S(C)(=O)=O. The first-order chi connectivity index (χ1) is 10.1. The highest BCUT2D eigenvalue weighted by atomic mass is 32.2. The third kappa shape index (κ3) is 4.79. The van der Waals surface area contributed by atoms with Gasteiger partial charge < -0.3 is 10.1 Å². The summed E-state index contributed by atoms with van der Waals surface area (Å²) in [5.41, 5.74) is -1.57. The molecule has 22 heavy (non-hydrogen) atoms. The van der Waals surface area contributed by atoms with Gasteiger partial charge in [-0.25, -0.2) is 13.2 Å². The number of rotatable bonds is 5. The molecule has 6 nitrogen and oxygen atoms in total. The molecule has 10 heteroatoms. The number of ether oxygens (including phenoxy) is 1. The summed E-state index contributed by atoms with van der Waals surface area (Å²) in [5, 5.41) is 2.21. The smallest absolute Gasteiger partial charge is 0.418 e. The molecule has 1 aromatic rings. The molecular formula is C12H15F3N2O4S. The molecule has 0 aliphatic rings. The number of carbonyl (C=O) groups is 1. The third-order valence-corrected chi connectivity index (χ3v) is 3.83. The number of hydrogen-bond donors (Lipinski definition) is 1. The minimum Gasteiger partial charge on any atom is -0.453 e. The Morgan fingerprint density at radius 2 is 1.91 bits per heavy atom. The van der Waals surface area contributed by atoms with E-state index in [4.69, 9.17) is 0 Å². The Morgan fingerprint density at radius 1 is 1.32 bits per heavy atom. The van der Waals surface area contributed by atoms with E-state index >= 15 is 0 Å². The van der Waals surface area contributed by atoms with Gasteiger partial charge in [0.15, 0.2) is 0 Å². The Kier molecular flexibility index (Phi) is 5.64. The van der Waals surface area contributed by atoms with Gasteiger partial charge in [-0.2, -0.15) is 13.2 Å². The van der Waals surface area contributed by atoms with Crippen LogP contribution in [-0.2, 0) is 20.9 Å². The van der Waals surface area contributed by atoms with E-state index in [1.54, 1.807) is 0 Å². The number of halogens is 3. The molecule has 1 amide bonds. The molecular weight excluding hydrogens is 325 g/mol. The number of sulfonamides is 1. The van der Waals surface area contributed by atoms with Crippen LogP contribution in [0, 0.1) is 0 Å². The molecule has 1 rings (SSSR count). The zero-order valence-electron chi connectivity index (χ0n) is 11.8. The summed E-state index contributed by atoms with van der Waals surface area (Å²) in [4.78, 5) is 10.9. The normalized spacial score (nSPS) is 11.9. The van der Waals surface area contributed by atoms with Crippen LogP contribution < -0.4 is 9.62 Å². The number of para-hydroxylation sites is 1. The average Bonchev–Trinajstić information content (AvgIpc) is 2.41. The van der Waals surface area contributed by atoms with E-state index in [0.717, 1.165) is 25.5 Å². The fourth-order valence-corrected chi connectivity index (χ4v) is 2.67. The van der Waals surface area contributed by atoms with Gasteiger partial charge >= 0.3 is 12.3 Å². The maximum atomic E-state index is 13.0. The lowest BCUT2D eigenvalue weighted by molar-refractivity contribution is -0.137. The highest BCUT2D eigenvalue weighted by molar-refractivity contribution is 7.92. The summed E-state index contributed by atoms with van der Waals surface area (Å²) in [5.74, 6) is 0. The third-order valence-electron chi connectivity index (χ3n) is 2.65. The van der Waals surface area contributed by atoms with E-state index in [-0.39, 0.29) is 13.1 Å². The molecule has 0 aromatic heterocycles. The van der Waals surface area contributed by atoms with Gasteiger partial charge in [0.2, 0.25) is 10.0 Å². The van der Waals surface area contributed by atoms with Crippen molar-refractivity contribution < 1.29 is 31.1 Å². The Balaban J connectivity index is 3.12. The highest BCUT2D eigenvalue weighted by Gasteiger charge is 2.36. The van der Waals surface area contributed by atoms with Gasteiger partial charge in [-0.3, -0.25) is 4.31 Å². The standard InChI is InChI=1S/C12H15F3N2O4S/c1-21-11(18)16-7-8-17(22(2,19)20)10-6-4-3-5-9(10)12(13,14)15/h3-6H,7-8H2,1-2H3,(H,16,18). The van der Waals surface area contributed by atoms with Crippen LogP contribution in [0.4, 0.5) is 23.7 Å². The second-order valence-electron chi connectivity index (χ2n) is 4.27. The number of nitrogens with zero attached hydrogens (tertiary/aromatic N) is 1. The van der Waals surface area contributed by atoms with Gasteiger partial charge in [-0.1, -0.05) is 12.1 Å². The largest absolute Gasteiger partial charge is 0.453 e. The van der Waals surface area contributed by atoms with Crippen LogP contribution in [0.3, 0.4) is 0 Å². The lowest BCUT2D eigenvalue weighted by Gasteiger charge is -2.25. The minimum absolute atomic E-state index is 0.202. The van der Waals surface area contributed by atoms with Gasteiger partial charge in [0.1, 0.15) is 0 Å². The molecule has 0 atom stereocenters. The Morgan fingerprint density at radius 3 is 2.41 bits per heavy atom. The first-order valence-corrected chi connectivity index (χ1v) is 7.88. The lowest BCUT2D eigenvalue weighted by atomic mass is 10.1. The van der Waals surface area contributed by atoms with Crippen LogP contribution in [0.1, 0.15) is 5.56 Å². The Bertz CT molecular complexity index is 632. The molecule has 0 fully saturated rings. The van der Waals surface area contributed by atoms with Crippen molar-refractivity contribution in [1.29, 1.82) is 0 Å². The van der Waals surface area contributed by atoms with Crippen LogP contribution >= 0.6 is 0 Å². The van der Waals surface area contributed by atoms with Gasteiger partial charge in [-0.15, -0.1) is 0 Å². The number of hydrogen-bond acceptors (Lipinski definition) is 4. The fraction of sp³-hybridized carbons (Fsp3) is 0.417. The molecule has 124 valence electrons. The molecule has 0 saturated carbocycles. The molecule has 0 aliphatic heterocycles. The summed E-state index contributed by atoms with van der Waals surface area (Å²) in [6.07, 6.45) is -4.72. The van der Waals surface area contributed by atoms with E-state index in [1.165, 1.54) is 12.1 Å². The van der Waals surface area contributed by atoms with Crippen molar-refractivity contribution in [1.82, 2.24) is 5.32 Å². The number of nitrogens with one attached hydrogen (secondary N) is 1. The van der Waals surface area contributed by atoms with E-state index in [9.17, 15) is 26.4 Å². The maximum Gasteiger partial charge on any atom is 0.418 e. The molecule has 0 bridgehead atoms. The maximum absolute atomic E-state index is 13.0. The first-order valence-electron chi connectivity index (χ1n) is 6.03. The van der Waals surface area contributed by atoms with Crippen LogP contribution in [0.25, 0.3) is 0 Å². The Labute approximate surface area is 125 Å². The predicted octanol–water partition coefficient (Wildman–Crippen LogP) is 1.83. The van der Waals surface area contributed by atoms with Crippen molar-refractivity contribution in [3.8, 4) is 0 Å². The average molecular weight is 340 g/mol. The van der Waals surface area contributed by atoms with Crippen LogP contribution in [0.15, 0.2) is 24.3 Å². The fourth-order valence-electron chi connectivity index (χ4n) is 1.73. The van der Waals surface area contributed by atoms with Gasteiger partial charge in [0, 0.05) is 6.54 Å². The highest BCUT2D eigenvalue weighted by Crippen LogP contribution is 2.37. The monoisotopic (exact) mass is 340 g/mol. The first kappa shape index (κ1) is 18.1. The molecule has 0 saturated heterocycles. The minimum atomic E-state index is -4.70. The van der Waals surface area contributed by atoms with Crippen molar-refractivity contribution in [2.75, 3.05) is 30.8 Å². The molecule has 0 spiro atoms. The number of benzene rings is 1. The van der Waals surface area contributed by atoms with E-state index in [0.29, 0.717) is 4.31 Å². The summed E-state index contributed by atoms with van der Waals surface area (Å²) >= 11 is 0. The van der Waals surface area contributed by atoms with E-state index in [1.807, 2.05) is 0 Å². The van der Waals surface area contributed by atoms with E-state index in [2.05, 4.69) is 10.1 Å². The topological polar surface area (TPSA) is 75.7 Å². The number of methoxy groups -OCH3 is 1. The van der Waals surface area contributed by atoms with Crippen molar-refractivity contribution in [3.63, 3.8) is 0 Å². The molecule has 0 unspecified atom stereocenters. The second-order valence-corrected chi connectivity index (χ2v) is 6.18. The Hall–Kier alpha value is -1.97. The molecule has 1 N–H and O–H groups in total. The van der Waals surface area contributed by atoms with Crippen LogP contribution in [-0.4, -0.2) is 41.0 Å². The van der Waals surface area contributed by atoms with E-state index < -0.39 is 33.5 Å². The number of amides is 1. The summed E-state index contributed by atoms with van der Waals surface area (Å²) in [6, 6.07) is 4.32. The summed E-state index contributed by atoms with van der Waals surface area (Å²) in [6.45, 7) is -0.563. The summed E-state index contributed by atoms with van der Waals surface area (Å²) in [7, 11) is -2.85. The second kappa shape index (κ2) is 6.86.